The SMILES string of the molecule is C=C/C=C\c1c(C)n(-c2cccc3c2sc2ccccc23)c2ccc(-n3c4ccccc4c4ccccc43)cc12. The van der Waals surface area contributed by atoms with Gasteiger partial charge in [0, 0.05) is 48.6 Å². The third kappa shape index (κ3) is 3.22. The van der Waals surface area contributed by atoms with E-state index in [1.54, 1.807) is 0 Å². The molecule has 0 saturated heterocycles. The molecule has 0 radical (unpaired) electrons. The molecule has 0 aliphatic carbocycles. The molecule has 8 rings (SSSR count). The van der Waals surface area contributed by atoms with E-state index in [0.717, 1.165) is 5.69 Å². The lowest BCUT2D eigenvalue weighted by Gasteiger charge is -2.11. The molecule has 2 nitrogen and oxygen atoms in total. The molecule has 3 heteroatoms. The van der Waals surface area contributed by atoms with Crippen LogP contribution in [0.5, 0.6) is 0 Å². The first-order valence-corrected chi connectivity index (χ1v) is 14.4. The van der Waals surface area contributed by atoms with Crippen molar-refractivity contribution in [2.24, 2.45) is 0 Å². The summed E-state index contributed by atoms with van der Waals surface area (Å²) in [4.78, 5) is 0. The van der Waals surface area contributed by atoms with Crippen LogP contribution in [0.15, 0.2) is 128 Å². The van der Waals surface area contributed by atoms with Crippen LogP contribution in [0.1, 0.15) is 11.3 Å². The normalized spacial score (nSPS) is 12.1. The Balaban J connectivity index is 1.45. The molecule has 5 aromatic carbocycles. The van der Waals surface area contributed by atoms with E-state index < -0.39 is 0 Å². The second-order valence-electron chi connectivity index (χ2n) is 10.3. The molecule has 3 heterocycles. The number of thiophene rings is 1. The quantitative estimate of drug-likeness (QED) is 0.200. The van der Waals surface area contributed by atoms with Gasteiger partial charge < -0.3 is 9.13 Å². The largest absolute Gasteiger partial charge is 0.312 e. The molecule has 8 aromatic rings. The molecule has 0 saturated carbocycles. The van der Waals surface area contributed by atoms with Gasteiger partial charge in [0.25, 0.3) is 0 Å². The predicted molar refractivity (Wildman–Crippen MR) is 174 cm³/mol. The third-order valence-corrected chi connectivity index (χ3v) is 9.31. The number of fused-ring (bicyclic) bond motifs is 7. The van der Waals surface area contributed by atoms with Crippen LogP contribution < -0.4 is 0 Å². The fourth-order valence-electron chi connectivity index (χ4n) is 6.36. The summed E-state index contributed by atoms with van der Waals surface area (Å²) in [7, 11) is 0. The van der Waals surface area contributed by atoms with E-state index in [9.17, 15) is 0 Å². The maximum atomic E-state index is 3.95. The number of nitrogens with zero attached hydrogens (tertiary/aromatic N) is 2. The fourth-order valence-corrected chi connectivity index (χ4v) is 7.57. The zero-order chi connectivity index (χ0) is 26.8. The summed E-state index contributed by atoms with van der Waals surface area (Å²) < 4.78 is 7.46. The Labute approximate surface area is 236 Å². The standard InChI is InChI=1S/C37H26N2S/c1-3-4-12-26-24(2)38(35-19-11-16-30-29-15-7-10-20-36(29)40-37(30)35)34-22-21-25(23-31(26)34)39-32-17-8-5-13-27(32)28-14-6-9-18-33(28)39/h3-23H,1H2,2H3/b12-4-. The summed E-state index contributed by atoms with van der Waals surface area (Å²) in [5.74, 6) is 0. The van der Waals surface area contributed by atoms with Crippen LogP contribution in [0.25, 0.3) is 70.3 Å². The molecule has 0 amide bonds. The van der Waals surface area contributed by atoms with Crippen LogP contribution in [0.3, 0.4) is 0 Å². The Bertz CT molecular complexity index is 2250. The van der Waals surface area contributed by atoms with Crippen molar-refractivity contribution in [3.63, 3.8) is 0 Å². The van der Waals surface area contributed by atoms with E-state index in [1.807, 2.05) is 23.5 Å². The molecule has 0 aliphatic heterocycles. The summed E-state index contributed by atoms with van der Waals surface area (Å²) in [6.45, 7) is 6.18. The van der Waals surface area contributed by atoms with Crippen molar-refractivity contribution in [2.45, 2.75) is 6.92 Å². The highest BCUT2D eigenvalue weighted by molar-refractivity contribution is 7.26. The Hall–Kier alpha value is -4.86. The van der Waals surface area contributed by atoms with Crippen LogP contribution >= 0.6 is 11.3 Å². The highest BCUT2D eigenvalue weighted by atomic mass is 32.1. The van der Waals surface area contributed by atoms with Crippen molar-refractivity contribution in [1.82, 2.24) is 9.13 Å². The average Bonchev–Trinajstić information content (AvgIpc) is 3.63. The number of rotatable bonds is 4. The molecule has 40 heavy (non-hydrogen) atoms. The molecule has 0 unspecified atom stereocenters. The minimum atomic E-state index is 1.16. The number of benzene rings is 5. The van der Waals surface area contributed by atoms with Crippen molar-refractivity contribution >= 4 is 70.3 Å². The van der Waals surface area contributed by atoms with E-state index in [4.69, 9.17) is 0 Å². The van der Waals surface area contributed by atoms with Crippen molar-refractivity contribution in [1.29, 1.82) is 0 Å². The summed E-state index contributed by atoms with van der Waals surface area (Å²) in [6.07, 6.45) is 6.09. The van der Waals surface area contributed by atoms with E-state index >= 15 is 0 Å². The van der Waals surface area contributed by atoms with Gasteiger partial charge in [-0.05, 0) is 49.4 Å². The highest BCUT2D eigenvalue weighted by Crippen LogP contribution is 2.41. The van der Waals surface area contributed by atoms with Gasteiger partial charge in [-0.25, -0.2) is 0 Å². The molecule has 0 fully saturated rings. The van der Waals surface area contributed by atoms with Crippen LogP contribution in [0.4, 0.5) is 0 Å². The summed E-state index contributed by atoms with van der Waals surface area (Å²) in [5.41, 5.74) is 8.47. The van der Waals surface area contributed by atoms with Gasteiger partial charge in [-0.3, -0.25) is 0 Å². The van der Waals surface area contributed by atoms with Gasteiger partial charge in [0.15, 0.2) is 0 Å². The fraction of sp³-hybridized carbons (Fsp3) is 0.0270. The monoisotopic (exact) mass is 530 g/mol. The van der Waals surface area contributed by atoms with Gasteiger partial charge in [-0.2, -0.15) is 0 Å². The lowest BCUT2D eigenvalue weighted by atomic mass is 10.1. The van der Waals surface area contributed by atoms with Crippen molar-refractivity contribution in [2.75, 3.05) is 0 Å². The number of para-hydroxylation sites is 2. The van der Waals surface area contributed by atoms with Crippen LogP contribution in [0.2, 0.25) is 0 Å². The first-order chi connectivity index (χ1) is 19.7. The molecule has 190 valence electrons. The van der Waals surface area contributed by atoms with Gasteiger partial charge in [-0.15, -0.1) is 11.3 Å². The molecule has 0 N–H and O–H groups in total. The minimum absolute atomic E-state index is 1.16. The Morgan fingerprint density at radius 2 is 1.27 bits per heavy atom. The Morgan fingerprint density at radius 3 is 2.02 bits per heavy atom. The van der Waals surface area contributed by atoms with E-state index in [2.05, 4.69) is 138 Å². The summed E-state index contributed by atoms with van der Waals surface area (Å²) in [5, 5.41) is 6.40. The molecule has 0 atom stereocenters. The van der Waals surface area contributed by atoms with Crippen molar-refractivity contribution < 1.29 is 0 Å². The van der Waals surface area contributed by atoms with Gasteiger partial charge in [0.2, 0.25) is 0 Å². The van der Waals surface area contributed by atoms with Crippen LogP contribution in [0, 0.1) is 6.92 Å². The van der Waals surface area contributed by atoms with Gasteiger partial charge in [0.1, 0.15) is 0 Å². The smallest absolute Gasteiger partial charge is 0.0637 e. The number of hydrogen-bond acceptors (Lipinski definition) is 1. The van der Waals surface area contributed by atoms with Gasteiger partial charge >= 0.3 is 0 Å². The predicted octanol–water partition coefficient (Wildman–Crippen LogP) is 10.6. The zero-order valence-corrected chi connectivity index (χ0v) is 23.0. The maximum absolute atomic E-state index is 3.95. The molecule has 0 aliphatic rings. The lowest BCUT2D eigenvalue weighted by molar-refractivity contribution is 1.06. The van der Waals surface area contributed by atoms with Crippen molar-refractivity contribution in [3.8, 4) is 11.4 Å². The second kappa shape index (κ2) is 8.84. The minimum Gasteiger partial charge on any atom is -0.312 e. The topological polar surface area (TPSA) is 9.86 Å². The molecule has 3 aromatic heterocycles. The second-order valence-corrected chi connectivity index (χ2v) is 11.3. The molecule has 0 spiro atoms. The van der Waals surface area contributed by atoms with Gasteiger partial charge in [-0.1, -0.05) is 91.5 Å². The Kier molecular flexibility index (Phi) is 5.10. The van der Waals surface area contributed by atoms with Crippen LogP contribution in [-0.2, 0) is 0 Å². The lowest BCUT2D eigenvalue weighted by Crippen LogP contribution is -1.97. The number of hydrogen-bond donors (Lipinski definition) is 0. The molecule has 0 bridgehead atoms. The van der Waals surface area contributed by atoms with Gasteiger partial charge in [0.05, 0.1) is 26.9 Å². The number of allylic oxidation sites excluding steroid dienone is 2. The molecular weight excluding hydrogens is 504 g/mol. The summed E-state index contributed by atoms with van der Waals surface area (Å²) >= 11 is 1.87. The van der Waals surface area contributed by atoms with Crippen molar-refractivity contribution in [3.05, 3.63) is 139 Å². The maximum Gasteiger partial charge on any atom is 0.0637 e. The Morgan fingerprint density at radius 1 is 0.625 bits per heavy atom. The molecular formula is C37H26N2S. The van der Waals surface area contributed by atoms with Crippen LogP contribution in [-0.4, -0.2) is 9.13 Å². The zero-order valence-electron chi connectivity index (χ0n) is 22.1. The summed E-state index contributed by atoms with van der Waals surface area (Å²) in [6, 6.07) is 39.7. The van der Waals surface area contributed by atoms with E-state index in [0.29, 0.717) is 0 Å². The average molecular weight is 531 g/mol. The van der Waals surface area contributed by atoms with E-state index in [-0.39, 0.29) is 0 Å². The third-order valence-electron chi connectivity index (χ3n) is 8.10. The number of aromatic nitrogens is 2. The van der Waals surface area contributed by atoms with E-state index in [1.165, 1.54) is 69.8 Å². The first kappa shape index (κ1) is 23.1. The highest BCUT2D eigenvalue weighted by Gasteiger charge is 2.19. The first-order valence-electron chi connectivity index (χ1n) is 13.6.